The molecule has 2 amide bonds. The number of amides is 2. The summed E-state index contributed by atoms with van der Waals surface area (Å²) in [5.41, 5.74) is 0.401. The summed E-state index contributed by atoms with van der Waals surface area (Å²) in [6, 6.07) is 6.69. The fourth-order valence-corrected chi connectivity index (χ4v) is 3.06. The van der Waals surface area contributed by atoms with Gasteiger partial charge in [-0.2, -0.15) is 5.10 Å². The Morgan fingerprint density at radius 3 is 2.68 bits per heavy atom. The predicted octanol–water partition coefficient (Wildman–Crippen LogP) is 2.42. The van der Waals surface area contributed by atoms with Gasteiger partial charge in [0.15, 0.2) is 5.69 Å². The molecule has 1 aliphatic rings. The van der Waals surface area contributed by atoms with Gasteiger partial charge >= 0.3 is 12.0 Å². The standard InChI is InChI=1S/C19H24N4O5/c1-19(2)11-23(10-12-6-7-13(26-4)8-15(12)28-19)18(25)20-16-9-14(17(24)27-5)21-22(16)3/h6-9H,10-11H2,1-5H3,(H,20,25). The molecule has 9 heteroatoms. The van der Waals surface area contributed by atoms with Gasteiger partial charge in [0.25, 0.3) is 0 Å². The molecule has 0 aliphatic carbocycles. The van der Waals surface area contributed by atoms with Crippen LogP contribution in [-0.2, 0) is 18.3 Å². The van der Waals surface area contributed by atoms with Crippen molar-refractivity contribution in [2.45, 2.75) is 26.0 Å². The molecular formula is C19H24N4O5. The van der Waals surface area contributed by atoms with Crippen molar-refractivity contribution in [3.05, 3.63) is 35.5 Å². The number of hydrogen-bond acceptors (Lipinski definition) is 6. The molecule has 1 N–H and O–H groups in total. The Morgan fingerprint density at radius 2 is 2.00 bits per heavy atom. The molecule has 9 nitrogen and oxygen atoms in total. The van der Waals surface area contributed by atoms with E-state index in [9.17, 15) is 9.59 Å². The van der Waals surface area contributed by atoms with Crippen LogP contribution >= 0.6 is 0 Å². The van der Waals surface area contributed by atoms with Gasteiger partial charge in [-0.3, -0.25) is 10.00 Å². The highest BCUT2D eigenvalue weighted by Crippen LogP contribution is 2.32. The molecule has 2 aromatic rings. The van der Waals surface area contributed by atoms with Crippen molar-refractivity contribution in [1.82, 2.24) is 14.7 Å². The van der Waals surface area contributed by atoms with Crippen LogP contribution < -0.4 is 14.8 Å². The van der Waals surface area contributed by atoms with E-state index in [0.717, 1.165) is 5.56 Å². The summed E-state index contributed by atoms with van der Waals surface area (Å²) in [7, 11) is 4.51. The minimum absolute atomic E-state index is 0.122. The van der Waals surface area contributed by atoms with Gasteiger partial charge in [0.05, 0.1) is 27.3 Å². The van der Waals surface area contributed by atoms with Gasteiger partial charge in [-0.15, -0.1) is 0 Å². The van der Waals surface area contributed by atoms with Crippen LogP contribution in [0.25, 0.3) is 0 Å². The smallest absolute Gasteiger partial charge is 0.358 e. The molecule has 0 bridgehead atoms. The molecule has 0 saturated carbocycles. The van der Waals surface area contributed by atoms with Crippen LogP contribution in [0.15, 0.2) is 24.3 Å². The van der Waals surface area contributed by atoms with E-state index in [1.807, 2.05) is 32.0 Å². The number of nitrogens with zero attached hydrogens (tertiary/aromatic N) is 3. The van der Waals surface area contributed by atoms with Crippen LogP contribution in [0, 0.1) is 0 Å². The van der Waals surface area contributed by atoms with Gasteiger partial charge in [0, 0.05) is 24.7 Å². The highest BCUT2D eigenvalue weighted by Gasteiger charge is 2.32. The predicted molar refractivity (Wildman–Crippen MR) is 102 cm³/mol. The molecule has 0 unspecified atom stereocenters. The van der Waals surface area contributed by atoms with E-state index in [4.69, 9.17) is 9.47 Å². The van der Waals surface area contributed by atoms with E-state index in [1.165, 1.54) is 17.9 Å². The fraction of sp³-hybridized carbons (Fsp3) is 0.421. The summed E-state index contributed by atoms with van der Waals surface area (Å²) in [6.07, 6.45) is 0. The van der Waals surface area contributed by atoms with Gasteiger partial charge in [-0.25, -0.2) is 9.59 Å². The molecule has 0 spiro atoms. The van der Waals surface area contributed by atoms with Crippen LogP contribution in [0.5, 0.6) is 11.5 Å². The maximum Gasteiger partial charge on any atom is 0.358 e. The summed E-state index contributed by atoms with van der Waals surface area (Å²) in [5, 5.41) is 6.85. The molecule has 28 heavy (non-hydrogen) atoms. The summed E-state index contributed by atoms with van der Waals surface area (Å²) in [6.45, 7) is 4.58. The maximum absolute atomic E-state index is 12.9. The summed E-state index contributed by atoms with van der Waals surface area (Å²) >= 11 is 0. The number of aromatic nitrogens is 2. The first kappa shape index (κ1) is 19.5. The first-order valence-electron chi connectivity index (χ1n) is 8.76. The maximum atomic E-state index is 12.9. The minimum atomic E-state index is -0.599. The fourth-order valence-electron chi connectivity index (χ4n) is 3.06. The van der Waals surface area contributed by atoms with Crippen molar-refractivity contribution in [3.8, 4) is 11.5 Å². The average Bonchev–Trinajstić information content (AvgIpc) is 2.94. The molecule has 150 valence electrons. The topological polar surface area (TPSA) is 94.9 Å². The van der Waals surface area contributed by atoms with Gasteiger partial charge in [-0.05, 0) is 26.0 Å². The zero-order valence-corrected chi connectivity index (χ0v) is 16.6. The third kappa shape index (κ3) is 4.03. The molecule has 1 aromatic heterocycles. The number of anilines is 1. The lowest BCUT2D eigenvalue weighted by Gasteiger charge is -2.29. The molecule has 0 saturated heterocycles. The second-order valence-electron chi connectivity index (χ2n) is 7.15. The molecule has 2 heterocycles. The van der Waals surface area contributed by atoms with Crippen LogP contribution in [0.4, 0.5) is 10.6 Å². The van der Waals surface area contributed by atoms with E-state index in [0.29, 0.717) is 30.4 Å². The summed E-state index contributed by atoms with van der Waals surface area (Å²) < 4.78 is 17.5. The van der Waals surface area contributed by atoms with Crippen LogP contribution in [0.3, 0.4) is 0 Å². The van der Waals surface area contributed by atoms with Crippen molar-refractivity contribution < 1.29 is 23.8 Å². The normalized spacial score (nSPS) is 15.1. The molecule has 3 rings (SSSR count). The SMILES string of the molecule is COC(=O)c1cc(NC(=O)N2Cc3ccc(OC)cc3OC(C)(C)C2)n(C)n1. The molecule has 1 aromatic carbocycles. The Hall–Kier alpha value is -3.23. The van der Waals surface area contributed by atoms with Crippen molar-refractivity contribution in [2.24, 2.45) is 7.05 Å². The third-order valence-corrected chi connectivity index (χ3v) is 4.39. The summed E-state index contributed by atoms with van der Waals surface area (Å²) in [5.74, 6) is 1.21. The lowest BCUT2D eigenvalue weighted by molar-refractivity contribution is 0.0593. The third-order valence-electron chi connectivity index (χ3n) is 4.39. The van der Waals surface area contributed by atoms with E-state index in [-0.39, 0.29) is 11.7 Å². The highest BCUT2D eigenvalue weighted by atomic mass is 16.5. The zero-order chi connectivity index (χ0) is 20.5. The van der Waals surface area contributed by atoms with Crippen molar-refractivity contribution in [2.75, 3.05) is 26.1 Å². The number of fused-ring (bicyclic) bond motifs is 1. The van der Waals surface area contributed by atoms with Gasteiger partial charge in [0.2, 0.25) is 0 Å². The second-order valence-corrected chi connectivity index (χ2v) is 7.15. The number of benzene rings is 1. The number of hydrogen-bond donors (Lipinski definition) is 1. The molecular weight excluding hydrogens is 364 g/mol. The van der Waals surface area contributed by atoms with Gasteiger partial charge in [0.1, 0.15) is 22.9 Å². The monoisotopic (exact) mass is 388 g/mol. The average molecular weight is 388 g/mol. The molecule has 0 radical (unpaired) electrons. The lowest BCUT2D eigenvalue weighted by Crippen LogP contribution is -2.45. The number of rotatable bonds is 3. The second kappa shape index (κ2) is 7.41. The zero-order valence-electron chi connectivity index (χ0n) is 16.6. The Balaban J connectivity index is 1.83. The number of ether oxygens (including phenoxy) is 3. The van der Waals surface area contributed by atoms with E-state index in [2.05, 4.69) is 15.2 Å². The number of aryl methyl sites for hydroxylation is 1. The Labute approximate surface area is 163 Å². The van der Waals surface area contributed by atoms with E-state index < -0.39 is 11.6 Å². The van der Waals surface area contributed by atoms with Gasteiger partial charge in [-0.1, -0.05) is 0 Å². The Morgan fingerprint density at radius 1 is 1.25 bits per heavy atom. The molecule has 0 atom stereocenters. The first-order valence-corrected chi connectivity index (χ1v) is 8.76. The van der Waals surface area contributed by atoms with Crippen molar-refractivity contribution in [1.29, 1.82) is 0 Å². The number of esters is 1. The quantitative estimate of drug-likeness (QED) is 0.812. The van der Waals surface area contributed by atoms with Crippen molar-refractivity contribution in [3.63, 3.8) is 0 Å². The molecule has 0 fully saturated rings. The number of urea groups is 1. The van der Waals surface area contributed by atoms with Crippen LogP contribution in [0.2, 0.25) is 0 Å². The Bertz CT molecular complexity index is 906. The van der Waals surface area contributed by atoms with E-state index >= 15 is 0 Å². The van der Waals surface area contributed by atoms with Crippen LogP contribution in [-0.4, -0.2) is 53.0 Å². The van der Waals surface area contributed by atoms with Crippen molar-refractivity contribution >= 4 is 17.8 Å². The Kier molecular flexibility index (Phi) is 5.17. The van der Waals surface area contributed by atoms with E-state index in [1.54, 1.807) is 19.1 Å². The molecule has 1 aliphatic heterocycles. The van der Waals surface area contributed by atoms with Gasteiger partial charge < -0.3 is 19.1 Å². The number of nitrogens with one attached hydrogen (secondary N) is 1. The highest BCUT2D eigenvalue weighted by molar-refractivity contribution is 5.92. The largest absolute Gasteiger partial charge is 0.497 e. The number of carbonyl (C=O) groups is 2. The van der Waals surface area contributed by atoms with Crippen LogP contribution in [0.1, 0.15) is 29.9 Å². The number of methoxy groups -OCH3 is 2. The lowest BCUT2D eigenvalue weighted by atomic mass is 10.1. The summed E-state index contributed by atoms with van der Waals surface area (Å²) in [4.78, 5) is 26.2. The number of carbonyl (C=O) groups excluding carboxylic acids is 2. The minimum Gasteiger partial charge on any atom is -0.497 e. The first-order chi connectivity index (χ1) is 13.2.